The predicted octanol–water partition coefficient (Wildman–Crippen LogP) is 0.785. The number of aliphatic hydroxyl groups is 1. The SMILES string of the molecule is O=C1OC(CO)CCN1Cc1cccnc1. The molecule has 1 amide bonds. The van der Waals surface area contributed by atoms with Crippen LogP contribution in [0.15, 0.2) is 24.5 Å². The summed E-state index contributed by atoms with van der Waals surface area (Å²) in [7, 11) is 0. The molecular weight excluding hydrogens is 208 g/mol. The molecule has 0 aliphatic carbocycles. The summed E-state index contributed by atoms with van der Waals surface area (Å²) in [5.41, 5.74) is 0.974. The highest BCUT2D eigenvalue weighted by molar-refractivity contribution is 5.68. The van der Waals surface area contributed by atoms with Crippen LogP contribution in [0.2, 0.25) is 0 Å². The van der Waals surface area contributed by atoms with Crippen molar-refractivity contribution in [3.63, 3.8) is 0 Å². The van der Waals surface area contributed by atoms with Crippen LogP contribution in [0.1, 0.15) is 12.0 Å². The van der Waals surface area contributed by atoms with E-state index < -0.39 is 0 Å². The molecule has 86 valence electrons. The van der Waals surface area contributed by atoms with E-state index in [-0.39, 0.29) is 18.8 Å². The first-order chi connectivity index (χ1) is 7.79. The topological polar surface area (TPSA) is 62.7 Å². The molecule has 0 spiro atoms. The first-order valence-corrected chi connectivity index (χ1v) is 5.25. The molecule has 2 rings (SSSR count). The monoisotopic (exact) mass is 222 g/mol. The van der Waals surface area contributed by atoms with Crippen molar-refractivity contribution >= 4 is 6.09 Å². The van der Waals surface area contributed by atoms with E-state index in [1.54, 1.807) is 17.3 Å². The van der Waals surface area contributed by atoms with Crippen molar-refractivity contribution in [1.29, 1.82) is 0 Å². The standard InChI is InChI=1S/C11H14N2O3/c14-8-10-3-5-13(11(15)16-10)7-9-2-1-4-12-6-9/h1-2,4,6,10,14H,3,5,7-8H2. The Kier molecular flexibility index (Phi) is 3.36. The molecule has 2 heterocycles. The summed E-state index contributed by atoms with van der Waals surface area (Å²) in [6.07, 6.45) is 3.38. The fourth-order valence-corrected chi connectivity index (χ4v) is 1.65. The van der Waals surface area contributed by atoms with E-state index in [4.69, 9.17) is 9.84 Å². The molecule has 0 bridgehead atoms. The molecule has 1 unspecified atom stereocenters. The molecule has 16 heavy (non-hydrogen) atoms. The zero-order valence-electron chi connectivity index (χ0n) is 8.87. The Morgan fingerprint density at radius 2 is 2.50 bits per heavy atom. The minimum Gasteiger partial charge on any atom is -0.444 e. The normalized spacial score (nSPS) is 20.7. The summed E-state index contributed by atoms with van der Waals surface area (Å²) >= 11 is 0. The maximum Gasteiger partial charge on any atom is 0.410 e. The third-order valence-corrected chi connectivity index (χ3v) is 2.55. The highest BCUT2D eigenvalue weighted by atomic mass is 16.6. The van der Waals surface area contributed by atoms with Gasteiger partial charge < -0.3 is 14.7 Å². The number of amides is 1. The highest BCUT2D eigenvalue weighted by Gasteiger charge is 2.26. The van der Waals surface area contributed by atoms with Gasteiger partial charge in [-0.2, -0.15) is 0 Å². The van der Waals surface area contributed by atoms with Crippen LogP contribution in [-0.4, -0.2) is 40.3 Å². The quantitative estimate of drug-likeness (QED) is 0.821. The molecule has 5 nitrogen and oxygen atoms in total. The van der Waals surface area contributed by atoms with Crippen LogP contribution < -0.4 is 0 Å². The van der Waals surface area contributed by atoms with Gasteiger partial charge in [0.05, 0.1) is 13.2 Å². The molecule has 1 aliphatic rings. The number of pyridine rings is 1. The molecule has 1 aliphatic heterocycles. The van der Waals surface area contributed by atoms with Gasteiger partial charge in [0.15, 0.2) is 0 Å². The van der Waals surface area contributed by atoms with Crippen LogP contribution in [0.4, 0.5) is 4.79 Å². The van der Waals surface area contributed by atoms with E-state index >= 15 is 0 Å². The van der Waals surface area contributed by atoms with Gasteiger partial charge in [-0.1, -0.05) is 6.07 Å². The zero-order chi connectivity index (χ0) is 11.4. The fraction of sp³-hybridized carbons (Fsp3) is 0.455. The number of aliphatic hydroxyl groups excluding tert-OH is 1. The maximum absolute atomic E-state index is 11.5. The third-order valence-electron chi connectivity index (χ3n) is 2.55. The molecule has 0 saturated carbocycles. The van der Waals surface area contributed by atoms with Gasteiger partial charge in [0.2, 0.25) is 0 Å². The van der Waals surface area contributed by atoms with E-state index in [1.165, 1.54) is 0 Å². The Labute approximate surface area is 93.7 Å². The lowest BCUT2D eigenvalue weighted by atomic mass is 10.2. The van der Waals surface area contributed by atoms with Crippen LogP contribution in [0.5, 0.6) is 0 Å². The van der Waals surface area contributed by atoms with Crippen molar-refractivity contribution in [1.82, 2.24) is 9.88 Å². The van der Waals surface area contributed by atoms with Gasteiger partial charge in [-0.3, -0.25) is 4.98 Å². The highest BCUT2D eigenvalue weighted by Crippen LogP contribution is 2.14. The van der Waals surface area contributed by atoms with E-state index in [1.807, 2.05) is 12.1 Å². The molecule has 1 N–H and O–H groups in total. The second kappa shape index (κ2) is 4.94. The number of nitrogens with zero attached hydrogens (tertiary/aromatic N) is 2. The molecule has 5 heteroatoms. The smallest absolute Gasteiger partial charge is 0.410 e. The van der Waals surface area contributed by atoms with Gasteiger partial charge in [-0.05, 0) is 11.6 Å². The second-order valence-electron chi connectivity index (χ2n) is 3.76. The molecule has 1 aromatic rings. The Bertz CT molecular complexity index is 356. The van der Waals surface area contributed by atoms with Gasteiger partial charge >= 0.3 is 6.09 Å². The summed E-state index contributed by atoms with van der Waals surface area (Å²) < 4.78 is 5.04. The van der Waals surface area contributed by atoms with E-state index in [0.29, 0.717) is 19.5 Å². The summed E-state index contributed by atoms with van der Waals surface area (Å²) in [6.45, 7) is 1.01. The minimum absolute atomic E-state index is 0.105. The number of aromatic nitrogens is 1. The van der Waals surface area contributed by atoms with Gasteiger partial charge in [0.1, 0.15) is 6.10 Å². The summed E-state index contributed by atoms with van der Waals surface area (Å²) in [5, 5.41) is 8.88. The number of cyclic esters (lactones) is 1. The molecule has 1 saturated heterocycles. The Balaban J connectivity index is 1.94. The fourth-order valence-electron chi connectivity index (χ4n) is 1.65. The summed E-state index contributed by atoms with van der Waals surface area (Å²) in [4.78, 5) is 17.1. The van der Waals surface area contributed by atoms with Crippen LogP contribution in [0.25, 0.3) is 0 Å². The van der Waals surface area contributed by atoms with Crippen molar-refractivity contribution in [2.45, 2.75) is 19.1 Å². The predicted molar refractivity (Wildman–Crippen MR) is 56.6 cm³/mol. The molecule has 0 radical (unpaired) electrons. The largest absolute Gasteiger partial charge is 0.444 e. The average molecular weight is 222 g/mol. The number of ether oxygens (including phenoxy) is 1. The number of carbonyl (C=O) groups excluding carboxylic acids is 1. The van der Waals surface area contributed by atoms with Crippen LogP contribution >= 0.6 is 0 Å². The van der Waals surface area contributed by atoms with Gasteiger partial charge in [-0.15, -0.1) is 0 Å². The van der Waals surface area contributed by atoms with Gasteiger partial charge in [0, 0.05) is 25.4 Å². The number of carbonyl (C=O) groups is 1. The maximum atomic E-state index is 11.5. The minimum atomic E-state index is -0.367. The van der Waals surface area contributed by atoms with Crippen molar-refractivity contribution in [3.05, 3.63) is 30.1 Å². The van der Waals surface area contributed by atoms with Gasteiger partial charge in [0.25, 0.3) is 0 Å². The van der Waals surface area contributed by atoms with Crippen molar-refractivity contribution in [2.24, 2.45) is 0 Å². The Hall–Kier alpha value is -1.62. The average Bonchev–Trinajstić information content (AvgIpc) is 2.33. The number of hydrogen-bond donors (Lipinski definition) is 1. The van der Waals surface area contributed by atoms with Crippen LogP contribution in [0, 0.1) is 0 Å². The Morgan fingerprint density at radius 3 is 3.12 bits per heavy atom. The van der Waals surface area contributed by atoms with Crippen molar-refractivity contribution in [2.75, 3.05) is 13.2 Å². The lowest BCUT2D eigenvalue weighted by Gasteiger charge is -2.30. The number of rotatable bonds is 3. The first kappa shape index (κ1) is 10.9. The van der Waals surface area contributed by atoms with Crippen molar-refractivity contribution < 1.29 is 14.6 Å². The molecule has 1 aromatic heterocycles. The molecule has 1 fully saturated rings. The Morgan fingerprint density at radius 1 is 1.62 bits per heavy atom. The van der Waals surface area contributed by atoms with E-state index in [2.05, 4.69) is 4.98 Å². The summed E-state index contributed by atoms with van der Waals surface area (Å²) in [5.74, 6) is 0. The van der Waals surface area contributed by atoms with E-state index in [0.717, 1.165) is 5.56 Å². The molecule has 1 atom stereocenters. The summed E-state index contributed by atoms with van der Waals surface area (Å²) in [6, 6.07) is 3.75. The third kappa shape index (κ3) is 2.49. The lowest BCUT2D eigenvalue weighted by molar-refractivity contribution is -0.00297. The zero-order valence-corrected chi connectivity index (χ0v) is 8.87. The molecular formula is C11H14N2O3. The van der Waals surface area contributed by atoms with Crippen molar-refractivity contribution in [3.8, 4) is 0 Å². The lowest BCUT2D eigenvalue weighted by Crippen LogP contribution is -2.42. The number of hydrogen-bond acceptors (Lipinski definition) is 4. The first-order valence-electron chi connectivity index (χ1n) is 5.25. The van der Waals surface area contributed by atoms with Crippen LogP contribution in [0.3, 0.4) is 0 Å². The second-order valence-corrected chi connectivity index (χ2v) is 3.76. The van der Waals surface area contributed by atoms with E-state index in [9.17, 15) is 4.79 Å². The van der Waals surface area contributed by atoms with Gasteiger partial charge in [-0.25, -0.2) is 4.79 Å². The molecule has 0 aromatic carbocycles. The van der Waals surface area contributed by atoms with Crippen LogP contribution in [-0.2, 0) is 11.3 Å².